The summed E-state index contributed by atoms with van der Waals surface area (Å²) in [5, 5.41) is -0.373. The first kappa shape index (κ1) is 16.8. The Morgan fingerprint density at radius 3 is 2.30 bits per heavy atom. The third kappa shape index (κ3) is 4.40. The minimum Gasteiger partial charge on any atom is -0.467 e. The van der Waals surface area contributed by atoms with Gasteiger partial charge in [-0.25, -0.2) is 9.59 Å². The van der Waals surface area contributed by atoms with Crippen LogP contribution in [0.4, 0.5) is 4.79 Å². The third-order valence-electron chi connectivity index (χ3n) is 2.73. The van der Waals surface area contributed by atoms with Crippen LogP contribution in [0.1, 0.15) is 34.1 Å². The molecule has 0 unspecified atom stereocenters. The average molecular weight is 303 g/mol. The van der Waals surface area contributed by atoms with Gasteiger partial charge in [-0.1, -0.05) is 11.8 Å². The monoisotopic (exact) mass is 303 g/mol. The van der Waals surface area contributed by atoms with Crippen LogP contribution >= 0.6 is 11.8 Å². The van der Waals surface area contributed by atoms with Gasteiger partial charge in [0.15, 0.2) is 5.12 Å². The smallest absolute Gasteiger partial charge is 0.411 e. The molecule has 0 radical (unpaired) electrons. The zero-order valence-corrected chi connectivity index (χ0v) is 13.3. The maximum absolute atomic E-state index is 12.1. The number of rotatable bonds is 2. The van der Waals surface area contributed by atoms with Crippen molar-refractivity contribution in [2.75, 3.05) is 13.7 Å². The van der Waals surface area contributed by atoms with Crippen LogP contribution in [0.5, 0.6) is 0 Å². The van der Waals surface area contributed by atoms with Crippen molar-refractivity contribution in [1.29, 1.82) is 0 Å². The van der Waals surface area contributed by atoms with Crippen molar-refractivity contribution < 1.29 is 23.9 Å². The van der Waals surface area contributed by atoms with Crippen molar-refractivity contribution in [3.63, 3.8) is 0 Å². The Kier molecular flexibility index (Phi) is 5.44. The second-order valence-electron chi connectivity index (χ2n) is 5.58. The Bertz CT molecular complexity index is 404. The molecule has 0 N–H and O–H groups in total. The predicted molar refractivity (Wildman–Crippen MR) is 75.4 cm³/mol. The molecule has 1 heterocycles. The molecule has 114 valence electrons. The standard InChI is InChI=1S/C13H21NO5S/c1-8(15)20-9-6-7-14(10(9)11(16)18-5)12(17)19-13(2,3)4/h9-10H,6-7H2,1-5H3/t9-,10+/m1/s1. The lowest BCUT2D eigenvalue weighted by Gasteiger charge is -2.28. The van der Waals surface area contributed by atoms with Crippen LogP contribution in [-0.2, 0) is 19.1 Å². The average Bonchev–Trinajstić information content (AvgIpc) is 2.68. The van der Waals surface area contributed by atoms with Crippen LogP contribution in [0.15, 0.2) is 0 Å². The second kappa shape index (κ2) is 6.47. The molecule has 0 aromatic carbocycles. The lowest BCUT2D eigenvalue weighted by Crippen LogP contribution is -2.47. The van der Waals surface area contributed by atoms with Crippen molar-refractivity contribution in [2.24, 2.45) is 0 Å². The summed E-state index contributed by atoms with van der Waals surface area (Å²) in [4.78, 5) is 36.6. The molecule has 1 fully saturated rings. The van der Waals surface area contributed by atoms with E-state index in [1.54, 1.807) is 20.8 Å². The van der Waals surface area contributed by atoms with Crippen LogP contribution in [0.2, 0.25) is 0 Å². The number of thioether (sulfide) groups is 1. The molecule has 0 aliphatic carbocycles. The number of amides is 1. The number of carbonyl (C=O) groups excluding carboxylic acids is 3. The van der Waals surface area contributed by atoms with Crippen LogP contribution in [0, 0.1) is 0 Å². The molecular formula is C13H21NO5S. The summed E-state index contributed by atoms with van der Waals surface area (Å²) in [6.45, 7) is 7.09. The van der Waals surface area contributed by atoms with E-state index in [2.05, 4.69) is 0 Å². The van der Waals surface area contributed by atoms with Crippen molar-refractivity contribution in [3.8, 4) is 0 Å². The second-order valence-corrected chi connectivity index (χ2v) is 6.99. The minimum absolute atomic E-state index is 0.0880. The maximum Gasteiger partial charge on any atom is 0.411 e. The van der Waals surface area contributed by atoms with Crippen LogP contribution in [0.25, 0.3) is 0 Å². The lowest BCUT2D eigenvalue weighted by atomic mass is 10.2. The summed E-state index contributed by atoms with van der Waals surface area (Å²) in [7, 11) is 1.27. The predicted octanol–water partition coefficient (Wildman–Crippen LogP) is 1.82. The molecule has 6 nitrogen and oxygen atoms in total. The Balaban J connectivity index is 2.87. The normalized spacial score (nSPS) is 22.6. The highest BCUT2D eigenvalue weighted by Gasteiger charge is 2.45. The van der Waals surface area contributed by atoms with E-state index >= 15 is 0 Å². The maximum atomic E-state index is 12.1. The van der Waals surface area contributed by atoms with Gasteiger partial charge in [-0.05, 0) is 27.2 Å². The van der Waals surface area contributed by atoms with Gasteiger partial charge < -0.3 is 9.47 Å². The van der Waals surface area contributed by atoms with E-state index in [0.717, 1.165) is 11.8 Å². The van der Waals surface area contributed by atoms with Crippen molar-refractivity contribution >= 4 is 28.9 Å². The van der Waals surface area contributed by atoms with E-state index in [-0.39, 0.29) is 10.4 Å². The van der Waals surface area contributed by atoms with Crippen molar-refractivity contribution in [2.45, 2.75) is 51.0 Å². The molecular weight excluding hydrogens is 282 g/mol. The van der Waals surface area contributed by atoms with E-state index in [0.29, 0.717) is 13.0 Å². The summed E-state index contributed by atoms with van der Waals surface area (Å²) < 4.78 is 10.0. The molecule has 0 bridgehead atoms. The molecule has 1 rings (SSSR count). The first-order valence-electron chi connectivity index (χ1n) is 6.40. The quantitative estimate of drug-likeness (QED) is 0.725. The number of esters is 1. The number of nitrogens with zero attached hydrogens (tertiary/aromatic N) is 1. The Labute approximate surface area is 123 Å². The molecule has 0 spiro atoms. The first-order valence-corrected chi connectivity index (χ1v) is 7.28. The lowest BCUT2D eigenvalue weighted by molar-refractivity contribution is -0.145. The van der Waals surface area contributed by atoms with E-state index in [1.807, 2.05) is 0 Å². The molecule has 20 heavy (non-hydrogen) atoms. The van der Waals surface area contributed by atoms with Gasteiger partial charge in [0.1, 0.15) is 11.6 Å². The zero-order valence-electron chi connectivity index (χ0n) is 12.5. The molecule has 1 aliphatic rings. The van der Waals surface area contributed by atoms with Crippen molar-refractivity contribution in [3.05, 3.63) is 0 Å². The Hall–Kier alpha value is -1.24. The van der Waals surface area contributed by atoms with Crippen LogP contribution in [-0.4, -0.2) is 52.6 Å². The number of hydrogen-bond donors (Lipinski definition) is 0. The van der Waals surface area contributed by atoms with E-state index in [9.17, 15) is 14.4 Å². The van der Waals surface area contributed by atoms with Gasteiger partial charge in [0.2, 0.25) is 0 Å². The molecule has 0 aromatic heterocycles. The molecule has 2 atom stereocenters. The first-order chi connectivity index (χ1) is 9.15. The molecule has 1 amide bonds. The highest BCUT2D eigenvalue weighted by molar-refractivity contribution is 8.14. The van der Waals surface area contributed by atoms with Gasteiger partial charge in [0.25, 0.3) is 0 Å². The Morgan fingerprint density at radius 2 is 1.85 bits per heavy atom. The van der Waals surface area contributed by atoms with E-state index in [1.165, 1.54) is 18.9 Å². The number of likely N-dealkylation sites (tertiary alicyclic amines) is 1. The summed E-state index contributed by atoms with van der Waals surface area (Å²) in [5.41, 5.74) is -0.635. The number of methoxy groups -OCH3 is 1. The molecule has 0 aromatic rings. The molecule has 1 saturated heterocycles. The summed E-state index contributed by atoms with van der Waals surface area (Å²) in [6.07, 6.45) is 0.00282. The third-order valence-corrected chi connectivity index (χ3v) is 3.86. The molecule has 1 aliphatic heterocycles. The number of ether oxygens (including phenoxy) is 2. The van der Waals surface area contributed by atoms with E-state index in [4.69, 9.17) is 9.47 Å². The fourth-order valence-corrected chi connectivity index (χ4v) is 3.06. The van der Waals surface area contributed by atoms with Crippen LogP contribution in [0.3, 0.4) is 0 Å². The summed E-state index contributed by atoms with van der Waals surface area (Å²) >= 11 is 1.06. The van der Waals surface area contributed by atoms with Gasteiger partial charge in [0.05, 0.1) is 7.11 Å². The Morgan fingerprint density at radius 1 is 1.25 bits per heavy atom. The fraction of sp³-hybridized carbons (Fsp3) is 0.769. The fourth-order valence-electron chi connectivity index (χ4n) is 2.03. The minimum atomic E-state index is -0.774. The summed E-state index contributed by atoms with van der Waals surface area (Å²) in [5.74, 6) is -0.521. The zero-order chi connectivity index (χ0) is 15.5. The molecule has 7 heteroatoms. The molecule has 0 saturated carbocycles. The van der Waals surface area contributed by atoms with Gasteiger partial charge in [-0.2, -0.15) is 0 Å². The van der Waals surface area contributed by atoms with Crippen LogP contribution < -0.4 is 0 Å². The number of hydrogen-bond acceptors (Lipinski definition) is 6. The largest absolute Gasteiger partial charge is 0.467 e. The van der Waals surface area contributed by atoms with Gasteiger partial charge in [0, 0.05) is 18.7 Å². The van der Waals surface area contributed by atoms with Gasteiger partial charge >= 0.3 is 12.1 Å². The summed E-state index contributed by atoms with van der Waals surface area (Å²) in [6, 6.07) is -0.774. The SMILES string of the molecule is COC(=O)[C@@H]1[C@H](SC(C)=O)CCN1C(=O)OC(C)(C)C. The van der Waals surface area contributed by atoms with Gasteiger partial charge in [-0.3, -0.25) is 9.69 Å². The van der Waals surface area contributed by atoms with E-state index < -0.39 is 23.7 Å². The van der Waals surface area contributed by atoms with Gasteiger partial charge in [-0.15, -0.1) is 0 Å². The topological polar surface area (TPSA) is 72.9 Å². The number of carbonyl (C=O) groups is 3. The van der Waals surface area contributed by atoms with Crippen molar-refractivity contribution in [1.82, 2.24) is 4.90 Å². The highest BCUT2D eigenvalue weighted by atomic mass is 32.2. The highest BCUT2D eigenvalue weighted by Crippen LogP contribution is 2.31.